The third-order valence-electron chi connectivity index (χ3n) is 3.03. The highest BCUT2D eigenvalue weighted by Crippen LogP contribution is 2.27. The Hall–Kier alpha value is -0.0400. The molecule has 13 heavy (non-hydrogen) atoms. The highest BCUT2D eigenvalue weighted by atomic mass is 14.9. The molecule has 0 radical (unpaired) electrons. The van der Waals surface area contributed by atoms with Crippen LogP contribution in [0.5, 0.6) is 0 Å². The van der Waals surface area contributed by atoms with E-state index in [0.29, 0.717) is 12.1 Å². The fraction of sp³-hybridized carbons (Fsp3) is 1.00. The minimum atomic E-state index is 0.638. The molecule has 1 heteroatoms. The first-order valence-corrected chi connectivity index (χ1v) is 5.94. The molecule has 0 aromatic carbocycles. The standard InChI is InChI=1S/C12H25N/c1-10(2)13-11(3)9-12-7-5-4-6-8-12/h10-13H,4-9H2,1-3H3. The Morgan fingerprint density at radius 3 is 2.23 bits per heavy atom. The average molecular weight is 183 g/mol. The maximum Gasteiger partial charge on any atom is 0.00437 e. The van der Waals surface area contributed by atoms with E-state index >= 15 is 0 Å². The van der Waals surface area contributed by atoms with Gasteiger partial charge in [-0.25, -0.2) is 0 Å². The molecular formula is C12H25N. The lowest BCUT2D eigenvalue weighted by Crippen LogP contribution is -2.34. The normalized spacial score (nSPS) is 22.2. The van der Waals surface area contributed by atoms with Gasteiger partial charge in [-0.05, 0) is 19.3 Å². The van der Waals surface area contributed by atoms with Crippen LogP contribution < -0.4 is 5.32 Å². The molecule has 0 saturated heterocycles. The molecule has 1 rings (SSSR count). The van der Waals surface area contributed by atoms with Crippen LogP contribution in [0.4, 0.5) is 0 Å². The van der Waals surface area contributed by atoms with E-state index in [-0.39, 0.29) is 0 Å². The fourth-order valence-electron chi connectivity index (χ4n) is 2.56. The lowest BCUT2D eigenvalue weighted by Gasteiger charge is -2.26. The van der Waals surface area contributed by atoms with Crippen LogP contribution in [0.25, 0.3) is 0 Å². The summed E-state index contributed by atoms with van der Waals surface area (Å²) in [6.45, 7) is 6.79. The van der Waals surface area contributed by atoms with Gasteiger partial charge in [0.25, 0.3) is 0 Å². The SMILES string of the molecule is CC(C)NC(C)CC1CCCCC1. The quantitative estimate of drug-likeness (QED) is 0.705. The van der Waals surface area contributed by atoms with Gasteiger partial charge in [-0.15, -0.1) is 0 Å². The summed E-state index contributed by atoms with van der Waals surface area (Å²) in [5.41, 5.74) is 0. The number of nitrogens with one attached hydrogen (secondary N) is 1. The van der Waals surface area contributed by atoms with Crippen molar-refractivity contribution in [2.24, 2.45) is 5.92 Å². The van der Waals surface area contributed by atoms with Crippen LogP contribution in [0.1, 0.15) is 59.3 Å². The van der Waals surface area contributed by atoms with E-state index in [9.17, 15) is 0 Å². The Morgan fingerprint density at radius 2 is 1.69 bits per heavy atom. The van der Waals surface area contributed by atoms with E-state index < -0.39 is 0 Å². The summed E-state index contributed by atoms with van der Waals surface area (Å²) < 4.78 is 0. The fourth-order valence-corrected chi connectivity index (χ4v) is 2.56. The van der Waals surface area contributed by atoms with Crippen LogP contribution in [-0.4, -0.2) is 12.1 Å². The highest BCUT2D eigenvalue weighted by Gasteiger charge is 2.16. The molecule has 1 atom stereocenters. The Labute approximate surface area is 83.3 Å². The largest absolute Gasteiger partial charge is 0.312 e. The molecule has 0 aromatic heterocycles. The molecule has 0 amide bonds. The van der Waals surface area contributed by atoms with E-state index in [1.165, 1.54) is 38.5 Å². The summed E-state index contributed by atoms with van der Waals surface area (Å²) in [6.07, 6.45) is 8.76. The minimum absolute atomic E-state index is 0.638. The number of hydrogen-bond acceptors (Lipinski definition) is 1. The van der Waals surface area contributed by atoms with E-state index in [1.807, 2.05) is 0 Å². The van der Waals surface area contributed by atoms with Crippen LogP contribution in [-0.2, 0) is 0 Å². The Bertz CT molecular complexity index is 125. The van der Waals surface area contributed by atoms with Crippen LogP contribution in [0.2, 0.25) is 0 Å². The molecule has 1 saturated carbocycles. The van der Waals surface area contributed by atoms with Gasteiger partial charge in [0, 0.05) is 12.1 Å². The zero-order valence-electron chi connectivity index (χ0n) is 9.47. The topological polar surface area (TPSA) is 12.0 Å². The first kappa shape index (κ1) is 11.0. The molecule has 1 aliphatic rings. The van der Waals surface area contributed by atoms with Gasteiger partial charge in [-0.2, -0.15) is 0 Å². The number of rotatable bonds is 4. The maximum atomic E-state index is 3.59. The van der Waals surface area contributed by atoms with Crippen molar-refractivity contribution in [3.05, 3.63) is 0 Å². The maximum absolute atomic E-state index is 3.59. The zero-order valence-corrected chi connectivity index (χ0v) is 9.47. The molecular weight excluding hydrogens is 158 g/mol. The van der Waals surface area contributed by atoms with Gasteiger partial charge in [0.15, 0.2) is 0 Å². The smallest absolute Gasteiger partial charge is 0.00437 e. The second-order valence-corrected chi connectivity index (χ2v) is 4.96. The van der Waals surface area contributed by atoms with Crippen LogP contribution >= 0.6 is 0 Å². The van der Waals surface area contributed by atoms with Crippen LogP contribution in [0.3, 0.4) is 0 Å². The predicted molar refractivity (Wildman–Crippen MR) is 58.9 cm³/mol. The van der Waals surface area contributed by atoms with Crippen molar-refractivity contribution in [3.8, 4) is 0 Å². The van der Waals surface area contributed by atoms with Gasteiger partial charge in [0.1, 0.15) is 0 Å². The highest BCUT2D eigenvalue weighted by molar-refractivity contribution is 4.72. The summed E-state index contributed by atoms with van der Waals surface area (Å²) >= 11 is 0. The van der Waals surface area contributed by atoms with Crippen molar-refractivity contribution in [3.63, 3.8) is 0 Å². The van der Waals surface area contributed by atoms with E-state index in [2.05, 4.69) is 26.1 Å². The van der Waals surface area contributed by atoms with E-state index in [0.717, 1.165) is 5.92 Å². The second-order valence-electron chi connectivity index (χ2n) is 4.96. The zero-order chi connectivity index (χ0) is 9.68. The van der Waals surface area contributed by atoms with Crippen molar-refractivity contribution in [2.45, 2.75) is 71.4 Å². The van der Waals surface area contributed by atoms with Crippen molar-refractivity contribution in [2.75, 3.05) is 0 Å². The van der Waals surface area contributed by atoms with Crippen molar-refractivity contribution < 1.29 is 0 Å². The summed E-state index contributed by atoms with van der Waals surface area (Å²) in [5, 5.41) is 3.59. The van der Waals surface area contributed by atoms with Crippen molar-refractivity contribution >= 4 is 0 Å². The summed E-state index contributed by atoms with van der Waals surface area (Å²) in [4.78, 5) is 0. The summed E-state index contributed by atoms with van der Waals surface area (Å²) in [7, 11) is 0. The molecule has 1 N–H and O–H groups in total. The first-order chi connectivity index (χ1) is 6.18. The third kappa shape index (κ3) is 4.66. The summed E-state index contributed by atoms with van der Waals surface area (Å²) in [5.74, 6) is 1.01. The molecule has 0 aliphatic heterocycles. The van der Waals surface area contributed by atoms with Gasteiger partial charge in [-0.1, -0.05) is 46.0 Å². The molecule has 1 nitrogen and oxygen atoms in total. The Morgan fingerprint density at radius 1 is 1.08 bits per heavy atom. The lowest BCUT2D eigenvalue weighted by atomic mass is 9.85. The molecule has 78 valence electrons. The Kier molecular flexibility index (Phi) is 4.79. The van der Waals surface area contributed by atoms with Gasteiger partial charge in [0.05, 0.1) is 0 Å². The van der Waals surface area contributed by atoms with Gasteiger partial charge >= 0.3 is 0 Å². The molecule has 0 spiro atoms. The monoisotopic (exact) mass is 183 g/mol. The van der Waals surface area contributed by atoms with Crippen LogP contribution in [0, 0.1) is 5.92 Å². The molecule has 0 heterocycles. The van der Waals surface area contributed by atoms with E-state index in [4.69, 9.17) is 0 Å². The lowest BCUT2D eigenvalue weighted by molar-refractivity contribution is 0.298. The Balaban J connectivity index is 2.14. The van der Waals surface area contributed by atoms with Gasteiger partial charge in [-0.3, -0.25) is 0 Å². The van der Waals surface area contributed by atoms with Gasteiger partial charge in [0.2, 0.25) is 0 Å². The second kappa shape index (κ2) is 5.64. The van der Waals surface area contributed by atoms with Crippen molar-refractivity contribution in [1.82, 2.24) is 5.32 Å². The third-order valence-corrected chi connectivity index (χ3v) is 3.03. The molecule has 0 aromatic rings. The molecule has 1 aliphatic carbocycles. The minimum Gasteiger partial charge on any atom is -0.312 e. The summed E-state index contributed by atoms with van der Waals surface area (Å²) in [6, 6.07) is 1.35. The van der Waals surface area contributed by atoms with Gasteiger partial charge < -0.3 is 5.32 Å². The molecule has 1 fully saturated rings. The average Bonchev–Trinajstić information content (AvgIpc) is 2.04. The van der Waals surface area contributed by atoms with Crippen molar-refractivity contribution in [1.29, 1.82) is 0 Å². The molecule has 1 unspecified atom stereocenters. The first-order valence-electron chi connectivity index (χ1n) is 5.94. The molecule has 0 bridgehead atoms. The van der Waals surface area contributed by atoms with Crippen LogP contribution in [0.15, 0.2) is 0 Å². The predicted octanol–water partition coefficient (Wildman–Crippen LogP) is 3.34. The number of hydrogen-bond donors (Lipinski definition) is 1. The van der Waals surface area contributed by atoms with E-state index in [1.54, 1.807) is 0 Å².